The van der Waals surface area contributed by atoms with Crippen molar-refractivity contribution >= 4 is 13.8 Å². The summed E-state index contributed by atoms with van der Waals surface area (Å²) in [7, 11) is -3.30. The van der Waals surface area contributed by atoms with Gasteiger partial charge in [0.2, 0.25) is 0 Å². The van der Waals surface area contributed by atoms with Crippen LogP contribution in [0.4, 0.5) is 0 Å². The molecule has 0 aromatic heterocycles. The Balaban J connectivity index is 2.94. The van der Waals surface area contributed by atoms with Gasteiger partial charge >= 0.3 is 7.60 Å². The lowest BCUT2D eigenvalue weighted by Gasteiger charge is -2.16. The van der Waals surface area contributed by atoms with Gasteiger partial charge in [0.05, 0.1) is 13.2 Å². The fourth-order valence-corrected chi connectivity index (χ4v) is 3.03. The van der Waals surface area contributed by atoms with Crippen LogP contribution in [0, 0.1) is 0 Å². The third-order valence-corrected chi connectivity index (χ3v) is 4.41. The quantitative estimate of drug-likeness (QED) is 0.555. The van der Waals surface area contributed by atoms with E-state index in [1.807, 2.05) is 30.3 Å². The molecule has 0 spiro atoms. The molecule has 0 heterocycles. The molecule has 0 aliphatic rings. The molecule has 0 saturated carbocycles. The molecule has 1 aromatic carbocycles. The normalized spacial score (nSPS) is 13.1. The van der Waals surface area contributed by atoms with Crippen LogP contribution in [0.5, 0.6) is 0 Å². The maximum atomic E-state index is 12.5. The van der Waals surface area contributed by atoms with Crippen LogP contribution in [-0.4, -0.2) is 19.4 Å². The molecule has 0 fully saturated rings. The third kappa shape index (κ3) is 4.75. The highest BCUT2D eigenvalue weighted by Gasteiger charge is 2.28. The van der Waals surface area contributed by atoms with E-state index in [1.165, 1.54) is 0 Å². The van der Waals surface area contributed by atoms with Crippen LogP contribution in [0.25, 0.3) is 0 Å². The van der Waals surface area contributed by atoms with Crippen molar-refractivity contribution in [2.24, 2.45) is 4.99 Å². The first kappa shape index (κ1) is 15.8. The van der Waals surface area contributed by atoms with E-state index >= 15 is 0 Å². The fraction of sp³-hybridized carbons (Fsp3) is 0.357. The molecular weight excluding hydrogens is 261 g/mol. The lowest BCUT2D eigenvalue weighted by Crippen LogP contribution is -1.98. The number of rotatable bonds is 7. The molecule has 0 radical (unpaired) electrons. The first-order valence-electron chi connectivity index (χ1n) is 6.31. The molecule has 19 heavy (non-hydrogen) atoms. The first-order chi connectivity index (χ1) is 9.16. The molecule has 0 amide bonds. The molecule has 5 heteroatoms. The summed E-state index contributed by atoms with van der Waals surface area (Å²) in [4.78, 5) is 4.24. The zero-order valence-electron chi connectivity index (χ0n) is 11.6. The predicted molar refractivity (Wildman–Crippen MR) is 78.7 cm³/mol. The topological polar surface area (TPSA) is 47.9 Å². The molecule has 104 valence electrons. The summed E-state index contributed by atoms with van der Waals surface area (Å²) in [5.41, 5.74) is 1.27. The van der Waals surface area contributed by atoms with Gasteiger partial charge in [0, 0.05) is 6.21 Å². The number of hydrogen-bond donors (Lipinski definition) is 0. The zero-order chi connectivity index (χ0) is 14.1. The monoisotopic (exact) mass is 281 g/mol. The lowest BCUT2D eigenvalue weighted by atomic mass is 10.2. The molecule has 0 N–H and O–H groups in total. The van der Waals surface area contributed by atoms with Gasteiger partial charge in [-0.1, -0.05) is 36.4 Å². The SMILES string of the molecule is C/C=C(\N=C\c1ccccc1)P(=O)(OCC)OCC. The summed E-state index contributed by atoms with van der Waals surface area (Å²) >= 11 is 0. The molecule has 0 aliphatic carbocycles. The summed E-state index contributed by atoms with van der Waals surface area (Å²) in [5.74, 6) is 0. The van der Waals surface area contributed by atoms with E-state index in [1.54, 1.807) is 33.1 Å². The summed E-state index contributed by atoms with van der Waals surface area (Å²) in [6.45, 7) is 5.95. The molecule has 0 atom stereocenters. The maximum absolute atomic E-state index is 12.5. The van der Waals surface area contributed by atoms with Crippen molar-refractivity contribution in [3.63, 3.8) is 0 Å². The smallest absolute Gasteiger partial charge is 0.304 e. The van der Waals surface area contributed by atoms with E-state index in [0.717, 1.165) is 5.56 Å². The standard InChI is InChI=1S/C14H20NO3P/c1-4-14(19(16,17-5-2)18-6-3)15-12-13-10-8-7-9-11-13/h4,7-12H,5-6H2,1-3H3/b14-4+,15-12+. The van der Waals surface area contributed by atoms with E-state index in [0.29, 0.717) is 18.7 Å². The fourth-order valence-electron chi connectivity index (χ4n) is 1.49. The Bertz CT molecular complexity index is 473. The second-order valence-electron chi connectivity index (χ2n) is 3.65. The number of allylic oxidation sites excluding steroid dienone is 1. The van der Waals surface area contributed by atoms with Crippen molar-refractivity contribution in [2.75, 3.05) is 13.2 Å². The van der Waals surface area contributed by atoms with E-state index in [9.17, 15) is 4.57 Å². The summed E-state index contributed by atoms with van der Waals surface area (Å²) in [5, 5.41) is 0. The van der Waals surface area contributed by atoms with Gasteiger partial charge in [0.25, 0.3) is 0 Å². The van der Waals surface area contributed by atoms with Crippen LogP contribution in [0.2, 0.25) is 0 Å². The van der Waals surface area contributed by atoms with Gasteiger partial charge in [-0.15, -0.1) is 0 Å². The van der Waals surface area contributed by atoms with Crippen LogP contribution in [0.3, 0.4) is 0 Å². The van der Waals surface area contributed by atoms with E-state index < -0.39 is 7.60 Å². The van der Waals surface area contributed by atoms with Crippen molar-refractivity contribution in [3.05, 3.63) is 47.4 Å². The third-order valence-electron chi connectivity index (χ3n) is 2.28. The minimum atomic E-state index is -3.30. The van der Waals surface area contributed by atoms with Crippen molar-refractivity contribution in [2.45, 2.75) is 20.8 Å². The summed E-state index contributed by atoms with van der Waals surface area (Å²) in [6, 6.07) is 9.61. The van der Waals surface area contributed by atoms with Gasteiger partial charge in [0.15, 0.2) is 0 Å². The van der Waals surface area contributed by atoms with Gasteiger partial charge < -0.3 is 9.05 Å². The average Bonchev–Trinajstić information content (AvgIpc) is 2.41. The summed E-state index contributed by atoms with van der Waals surface area (Å²) < 4.78 is 23.1. The molecule has 0 aliphatic heterocycles. The number of hydrogen-bond acceptors (Lipinski definition) is 4. The average molecular weight is 281 g/mol. The maximum Gasteiger partial charge on any atom is 0.379 e. The molecule has 1 rings (SSSR count). The van der Waals surface area contributed by atoms with Gasteiger partial charge in [-0.05, 0) is 26.3 Å². The lowest BCUT2D eigenvalue weighted by molar-refractivity contribution is 0.226. The Morgan fingerprint density at radius 2 is 1.79 bits per heavy atom. The second-order valence-corrected chi connectivity index (χ2v) is 5.62. The predicted octanol–water partition coefficient (Wildman–Crippen LogP) is 4.23. The van der Waals surface area contributed by atoms with Crippen LogP contribution < -0.4 is 0 Å². The van der Waals surface area contributed by atoms with E-state index in [4.69, 9.17) is 9.05 Å². The van der Waals surface area contributed by atoms with Crippen LogP contribution in [0.15, 0.2) is 46.8 Å². The van der Waals surface area contributed by atoms with Crippen LogP contribution in [-0.2, 0) is 13.6 Å². The van der Waals surface area contributed by atoms with Crippen molar-refractivity contribution in [1.29, 1.82) is 0 Å². The van der Waals surface area contributed by atoms with Gasteiger partial charge in [-0.25, -0.2) is 4.99 Å². The van der Waals surface area contributed by atoms with Crippen molar-refractivity contribution in [1.82, 2.24) is 0 Å². The number of nitrogens with zero attached hydrogens (tertiary/aromatic N) is 1. The van der Waals surface area contributed by atoms with Gasteiger partial charge in [0.1, 0.15) is 5.44 Å². The van der Waals surface area contributed by atoms with E-state index in [-0.39, 0.29) is 0 Å². The highest BCUT2D eigenvalue weighted by Crippen LogP contribution is 2.56. The van der Waals surface area contributed by atoms with Gasteiger partial charge in [-0.2, -0.15) is 0 Å². The first-order valence-corrected chi connectivity index (χ1v) is 7.85. The van der Waals surface area contributed by atoms with Crippen LogP contribution >= 0.6 is 7.60 Å². The number of benzene rings is 1. The Kier molecular flexibility index (Phi) is 6.71. The molecule has 0 bridgehead atoms. The van der Waals surface area contributed by atoms with Gasteiger partial charge in [-0.3, -0.25) is 4.57 Å². The van der Waals surface area contributed by atoms with Crippen LogP contribution in [0.1, 0.15) is 26.3 Å². The Morgan fingerprint density at radius 1 is 1.21 bits per heavy atom. The molecular formula is C14H20NO3P. The molecule has 1 aromatic rings. The Labute approximate surface area is 114 Å². The largest absolute Gasteiger partial charge is 0.379 e. The molecule has 4 nitrogen and oxygen atoms in total. The van der Waals surface area contributed by atoms with E-state index in [2.05, 4.69) is 4.99 Å². The number of aliphatic imine (C=N–C) groups is 1. The molecule has 0 saturated heterocycles. The Hall–Kier alpha value is -1.22. The minimum Gasteiger partial charge on any atom is -0.304 e. The van der Waals surface area contributed by atoms with Crippen molar-refractivity contribution < 1.29 is 13.6 Å². The second kappa shape index (κ2) is 8.05. The zero-order valence-corrected chi connectivity index (χ0v) is 12.5. The summed E-state index contributed by atoms with van der Waals surface area (Å²) in [6.07, 6.45) is 3.31. The van der Waals surface area contributed by atoms with Crippen molar-refractivity contribution in [3.8, 4) is 0 Å². The molecule has 0 unspecified atom stereocenters. The minimum absolute atomic E-state index is 0.315. The highest BCUT2D eigenvalue weighted by molar-refractivity contribution is 7.58. The highest BCUT2D eigenvalue weighted by atomic mass is 31.2. The Morgan fingerprint density at radius 3 is 2.26 bits per heavy atom.